The Bertz CT molecular complexity index is 782. The standard InChI is InChI=1S/C21H24ClNO5/c1-2-5-20(28-14-21(26)27)23-17(8-4-9-19(23)25)10-11-18(24)13-15-6-3-7-16(22)12-15/h3,6-7,12,17,20H,4,8-11,13-14H2,1H3,(H,26,27). The van der Waals surface area contributed by atoms with Crippen LogP contribution in [0.5, 0.6) is 0 Å². The van der Waals surface area contributed by atoms with Crippen molar-refractivity contribution in [2.75, 3.05) is 6.61 Å². The maximum absolute atomic E-state index is 12.5. The highest BCUT2D eigenvalue weighted by atomic mass is 35.5. The first-order chi connectivity index (χ1) is 13.4. The Kier molecular flexibility index (Phi) is 8.49. The van der Waals surface area contributed by atoms with E-state index in [1.54, 1.807) is 25.1 Å². The van der Waals surface area contributed by atoms with Crippen LogP contribution in [0.1, 0.15) is 44.6 Å². The lowest BCUT2D eigenvalue weighted by Crippen LogP contribution is -2.50. The quantitative estimate of drug-likeness (QED) is 0.638. The maximum Gasteiger partial charge on any atom is 0.329 e. The number of hydrogen-bond donors (Lipinski definition) is 1. The number of likely N-dealkylation sites (tertiary alicyclic amines) is 1. The predicted molar refractivity (Wildman–Crippen MR) is 105 cm³/mol. The molecule has 1 heterocycles. The lowest BCUT2D eigenvalue weighted by molar-refractivity contribution is -0.159. The van der Waals surface area contributed by atoms with Gasteiger partial charge >= 0.3 is 5.97 Å². The average molecular weight is 406 g/mol. The summed E-state index contributed by atoms with van der Waals surface area (Å²) in [7, 11) is 0. The number of Topliss-reactive ketones (excluding diaryl/α,β-unsaturated/α-hetero) is 1. The summed E-state index contributed by atoms with van der Waals surface area (Å²) in [5.41, 5.74) is 0.855. The van der Waals surface area contributed by atoms with E-state index >= 15 is 0 Å². The fraction of sp³-hybridized carbons (Fsp3) is 0.476. The normalized spacial score (nSPS) is 17.6. The van der Waals surface area contributed by atoms with Crippen LogP contribution in [0.4, 0.5) is 0 Å². The molecule has 6 nitrogen and oxygen atoms in total. The Morgan fingerprint density at radius 3 is 2.89 bits per heavy atom. The molecule has 0 spiro atoms. The van der Waals surface area contributed by atoms with Crippen molar-refractivity contribution in [3.05, 3.63) is 34.9 Å². The number of halogens is 1. The highest BCUT2D eigenvalue weighted by Gasteiger charge is 2.34. The third-order valence-electron chi connectivity index (χ3n) is 4.54. The first kappa shape index (κ1) is 21.9. The molecule has 2 unspecified atom stereocenters. The minimum Gasteiger partial charge on any atom is -0.480 e. The van der Waals surface area contributed by atoms with E-state index in [4.69, 9.17) is 21.4 Å². The number of benzene rings is 1. The SMILES string of the molecule is CC#CC(OCC(=O)O)N1C(=O)CCCC1CCC(=O)Cc1cccc(Cl)c1. The van der Waals surface area contributed by atoms with E-state index in [1.165, 1.54) is 4.90 Å². The predicted octanol–water partition coefficient (Wildman–Crippen LogP) is 3.06. The first-order valence-corrected chi connectivity index (χ1v) is 9.61. The van der Waals surface area contributed by atoms with E-state index in [-0.39, 0.29) is 24.2 Å². The highest BCUT2D eigenvalue weighted by molar-refractivity contribution is 6.30. The third-order valence-corrected chi connectivity index (χ3v) is 4.78. The molecule has 0 saturated carbocycles. The van der Waals surface area contributed by atoms with Gasteiger partial charge in [0.1, 0.15) is 12.4 Å². The van der Waals surface area contributed by atoms with Crippen molar-refractivity contribution in [1.29, 1.82) is 0 Å². The lowest BCUT2D eigenvalue weighted by Gasteiger charge is -2.38. The van der Waals surface area contributed by atoms with Gasteiger partial charge in [-0.1, -0.05) is 23.7 Å². The smallest absolute Gasteiger partial charge is 0.329 e. The van der Waals surface area contributed by atoms with E-state index in [1.807, 2.05) is 6.07 Å². The summed E-state index contributed by atoms with van der Waals surface area (Å²) in [6, 6.07) is 6.98. The molecule has 1 aliphatic heterocycles. The van der Waals surface area contributed by atoms with Crippen LogP contribution in [-0.4, -0.2) is 46.5 Å². The fourth-order valence-corrected chi connectivity index (χ4v) is 3.54. The molecule has 1 fully saturated rings. The lowest BCUT2D eigenvalue weighted by atomic mass is 9.95. The molecule has 1 saturated heterocycles. The van der Waals surface area contributed by atoms with Crippen molar-refractivity contribution in [3.63, 3.8) is 0 Å². The Balaban J connectivity index is 2.01. The molecular formula is C21H24ClNO5. The number of piperidine rings is 1. The van der Waals surface area contributed by atoms with Gasteiger partial charge in [0.2, 0.25) is 5.91 Å². The van der Waals surface area contributed by atoms with Crippen LogP contribution in [0.25, 0.3) is 0 Å². The second-order valence-electron chi connectivity index (χ2n) is 6.68. The summed E-state index contributed by atoms with van der Waals surface area (Å²) in [6.07, 6.45) is 2.00. The average Bonchev–Trinajstić information content (AvgIpc) is 2.64. The summed E-state index contributed by atoms with van der Waals surface area (Å²) in [6.45, 7) is 1.07. The van der Waals surface area contributed by atoms with Crippen molar-refractivity contribution in [1.82, 2.24) is 4.90 Å². The van der Waals surface area contributed by atoms with E-state index in [0.29, 0.717) is 24.3 Å². The molecule has 0 aromatic heterocycles. The largest absolute Gasteiger partial charge is 0.480 e. The second kappa shape index (κ2) is 10.8. The number of nitrogens with zero attached hydrogens (tertiary/aromatic N) is 1. The van der Waals surface area contributed by atoms with Crippen molar-refractivity contribution < 1.29 is 24.2 Å². The van der Waals surface area contributed by atoms with Gasteiger partial charge in [-0.15, -0.1) is 5.92 Å². The third kappa shape index (κ3) is 6.66. The molecular weight excluding hydrogens is 382 g/mol. The van der Waals surface area contributed by atoms with Crippen molar-refractivity contribution in [2.45, 2.75) is 57.7 Å². The highest BCUT2D eigenvalue weighted by Crippen LogP contribution is 2.25. The van der Waals surface area contributed by atoms with E-state index in [0.717, 1.165) is 18.4 Å². The minimum absolute atomic E-state index is 0.0600. The van der Waals surface area contributed by atoms with Crippen LogP contribution in [0.3, 0.4) is 0 Å². The number of hydrogen-bond acceptors (Lipinski definition) is 4. The van der Waals surface area contributed by atoms with E-state index in [9.17, 15) is 14.4 Å². The number of carboxylic acids is 1. The van der Waals surface area contributed by atoms with E-state index in [2.05, 4.69) is 11.8 Å². The molecule has 1 aromatic carbocycles. The van der Waals surface area contributed by atoms with Gasteiger partial charge in [-0.25, -0.2) is 4.79 Å². The van der Waals surface area contributed by atoms with Gasteiger partial charge in [0.25, 0.3) is 0 Å². The van der Waals surface area contributed by atoms with Gasteiger partial charge in [0, 0.05) is 30.3 Å². The molecule has 1 amide bonds. The Morgan fingerprint density at radius 1 is 1.43 bits per heavy atom. The number of carbonyl (C=O) groups is 3. The molecule has 2 atom stereocenters. The summed E-state index contributed by atoms with van der Waals surface area (Å²) >= 11 is 5.95. The molecule has 1 aliphatic rings. The van der Waals surface area contributed by atoms with E-state index < -0.39 is 18.8 Å². The van der Waals surface area contributed by atoms with Crippen molar-refractivity contribution >= 4 is 29.3 Å². The number of amides is 1. The summed E-state index contributed by atoms with van der Waals surface area (Å²) in [5.74, 6) is 4.27. The Morgan fingerprint density at radius 2 is 2.21 bits per heavy atom. The number of rotatable bonds is 9. The Labute approximate surface area is 169 Å². The minimum atomic E-state index is -1.12. The van der Waals surface area contributed by atoms with Crippen molar-refractivity contribution in [2.24, 2.45) is 0 Å². The van der Waals surface area contributed by atoms with Gasteiger partial charge in [0.15, 0.2) is 6.23 Å². The first-order valence-electron chi connectivity index (χ1n) is 9.23. The number of carbonyl (C=O) groups excluding carboxylic acids is 2. The molecule has 0 bridgehead atoms. The molecule has 0 radical (unpaired) electrons. The van der Waals surface area contributed by atoms with Crippen LogP contribution < -0.4 is 0 Å². The molecule has 1 aromatic rings. The van der Waals surface area contributed by atoms with Gasteiger partial charge < -0.3 is 14.7 Å². The van der Waals surface area contributed by atoms with Gasteiger partial charge in [0.05, 0.1) is 0 Å². The van der Waals surface area contributed by atoms with Gasteiger partial charge in [-0.2, -0.15) is 0 Å². The van der Waals surface area contributed by atoms with Crippen LogP contribution >= 0.6 is 11.6 Å². The number of ether oxygens (including phenoxy) is 1. The second-order valence-corrected chi connectivity index (χ2v) is 7.12. The molecule has 7 heteroatoms. The van der Waals surface area contributed by atoms with Crippen LogP contribution in [0.2, 0.25) is 5.02 Å². The maximum atomic E-state index is 12.5. The number of aliphatic carboxylic acids is 1. The van der Waals surface area contributed by atoms with Gasteiger partial charge in [-0.05, 0) is 49.8 Å². The fourth-order valence-electron chi connectivity index (χ4n) is 3.32. The zero-order valence-electron chi connectivity index (χ0n) is 15.8. The van der Waals surface area contributed by atoms with Gasteiger partial charge in [-0.3, -0.25) is 9.59 Å². The number of ketones is 1. The molecule has 2 rings (SSSR count). The van der Waals surface area contributed by atoms with Crippen LogP contribution in [0, 0.1) is 11.8 Å². The monoisotopic (exact) mass is 405 g/mol. The molecule has 1 N–H and O–H groups in total. The zero-order valence-corrected chi connectivity index (χ0v) is 16.6. The number of carboxylic acid groups (broad SMARTS) is 1. The molecule has 0 aliphatic carbocycles. The molecule has 28 heavy (non-hydrogen) atoms. The van der Waals surface area contributed by atoms with Crippen LogP contribution in [0.15, 0.2) is 24.3 Å². The zero-order chi connectivity index (χ0) is 20.5. The Hall–Kier alpha value is -2.36. The summed E-state index contributed by atoms with van der Waals surface area (Å²) in [5, 5.41) is 9.45. The summed E-state index contributed by atoms with van der Waals surface area (Å²) in [4.78, 5) is 37.2. The van der Waals surface area contributed by atoms with Crippen molar-refractivity contribution in [3.8, 4) is 11.8 Å². The van der Waals surface area contributed by atoms with Crippen LogP contribution in [-0.2, 0) is 25.5 Å². The summed E-state index contributed by atoms with van der Waals surface area (Å²) < 4.78 is 5.33. The topological polar surface area (TPSA) is 83.9 Å². The molecule has 150 valence electrons.